The molecule has 0 aliphatic heterocycles. The molecule has 0 bridgehead atoms. The Kier molecular flexibility index (Phi) is 4.31. The van der Waals surface area contributed by atoms with Crippen molar-refractivity contribution >= 4 is 29.2 Å². The third-order valence-electron chi connectivity index (χ3n) is 2.90. The molecular formula is C15H13ClN4OS. The van der Waals surface area contributed by atoms with E-state index in [1.54, 1.807) is 6.07 Å². The second-order valence-corrected chi connectivity index (χ2v) is 6.07. The molecule has 5 nitrogen and oxygen atoms in total. The number of halogens is 1. The van der Waals surface area contributed by atoms with E-state index in [0.717, 1.165) is 22.7 Å². The number of thioether (sulfide) groups is 1. The maximum Gasteiger partial charge on any atom is 0.190 e. The molecule has 0 amide bonds. The molecule has 0 saturated carbocycles. The van der Waals surface area contributed by atoms with Crippen LogP contribution in [0, 0.1) is 6.92 Å². The van der Waals surface area contributed by atoms with Crippen molar-refractivity contribution in [2.75, 3.05) is 5.73 Å². The Hall–Kier alpha value is -2.05. The Morgan fingerprint density at radius 1 is 1.18 bits per heavy atom. The molecule has 3 aromatic rings. The van der Waals surface area contributed by atoms with Gasteiger partial charge in [0.05, 0.1) is 5.75 Å². The summed E-state index contributed by atoms with van der Waals surface area (Å²) < 4.78 is 5.34. The number of hydrogen-bond acceptors (Lipinski definition) is 6. The highest BCUT2D eigenvalue weighted by Crippen LogP contribution is 2.25. The van der Waals surface area contributed by atoms with E-state index in [1.165, 1.54) is 11.8 Å². The normalized spacial score (nSPS) is 10.8. The average Bonchev–Trinajstić information content (AvgIpc) is 2.94. The number of nitrogens with zero attached hydrogens (tertiary/aromatic N) is 3. The summed E-state index contributed by atoms with van der Waals surface area (Å²) in [6, 6.07) is 11.1. The van der Waals surface area contributed by atoms with Gasteiger partial charge in [0.2, 0.25) is 0 Å². The van der Waals surface area contributed by atoms with Crippen LogP contribution >= 0.6 is 23.4 Å². The zero-order valence-corrected chi connectivity index (χ0v) is 13.4. The van der Waals surface area contributed by atoms with E-state index in [1.807, 2.05) is 37.3 Å². The van der Waals surface area contributed by atoms with Crippen LogP contribution < -0.4 is 5.73 Å². The molecular weight excluding hydrogens is 320 g/mol. The van der Waals surface area contributed by atoms with Gasteiger partial charge in [0, 0.05) is 28.4 Å². The van der Waals surface area contributed by atoms with Gasteiger partial charge in [-0.25, -0.2) is 9.97 Å². The van der Waals surface area contributed by atoms with Gasteiger partial charge in [-0.1, -0.05) is 40.7 Å². The van der Waals surface area contributed by atoms with Crippen LogP contribution in [0.1, 0.15) is 11.5 Å². The Bertz CT molecular complexity index is 768. The fourth-order valence-electron chi connectivity index (χ4n) is 1.90. The van der Waals surface area contributed by atoms with Gasteiger partial charge in [-0.3, -0.25) is 0 Å². The van der Waals surface area contributed by atoms with Gasteiger partial charge in [-0.05, 0) is 19.1 Å². The van der Waals surface area contributed by atoms with Crippen LogP contribution in [-0.4, -0.2) is 15.1 Å². The van der Waals surface area contributed by atoms with E-state index < -0.39 is 0 Å². The molecule has 2 N–H and O–H groups in total. The summed E-state index contributed by atoms with van der Waals surface area (Å²) in [5.41, 5.74) is 8.29. The Balaban J connectivity index is 1.70. The second-order valence-electron chi connectivity index (χ2n) is 4.69. The van der Waals surface area contributed by atoms with Crippen LogP contribution in [0.25, 0.3) is 11.3 Å². The molecule has 0 spiro atoms. The zero-order valence-electron chi connectivity index (χ0n) is 11.8. The molecule has 7 heteroatoms. The van der Waals surface area contributed by atoms with E-state index in [0.29, 0.717) is 21.7 Å². The lowest BCUT2D eigenvalue weighted by molar-refractivity contribution is 0.397. The Labute approximate surface area is 136 Å². The first-order valence-corrected chi connectivity index (χ1v) is 7.92. The third-order valence-corrected chi connectivity index (χ3v) is 4.02. The van der Waals surface area contributed by atoms with Gasteiger partial charge in [0.25, 0.3) is 0 Å². The molecule has 2 heterocycles. The minimum Gasteiger partial charge on any atom is -0.384 e. The molecule has 112 valence electrons. The van der Waals surface area contributed by atoms with Gasteiger partial charge in [-0.2, -0.15) is 0 Å². The largest absolute Gasteiger partial charge is 0.384 e. The molecule has 2 aromatic heterocycles. The summed E-state index contributed by atoms with van der Waals surface area (Å²) in [6.45, 7) is 1.88. The molecule has 0 radical (unpaired) electrons. The number of aromatic nitrogens is 3. The summed E-state index contributed by atoms with van der Waals surface area (Å²) in [4.78, 5) is 8.50. The summed E-state index contributed by atoms with van der Waals surface area (Å²) >= 11 is 7.33. The van der Waals surface area contributed by atoms with Crippen molar-refractivity contribution in [3.8, 4) is 11.3 Å². The van der Waals surface area contributed by atoms with Crippen LogP contribution in [0.3, 0.4) is 0 Å². The average molecular weight is 333 g/mol. The molecule has 1 aromatic carbocycles. The lowest BCUT2D eigenvalue weighted by Crippen LogP contribution is -1.96. The van der Waals surface area contributed by atoms with E-state index in [4.69, 9.17) is 21.9 Å². The maximum absolute atomic E-state index is 5.88. The lowest BCUT2D eigenvalue weighted by Gasteiger charge is -2.00. The Morgan fingerprint density at radius 3 is 2.68 bits per heavy atom. The van der Waals surface area contributed by atoms with E-state index in [9.17, 15) is 0 Å². The number of hydrogen-bond donors (Lipinski definition) is 1. The molecule has 3 rings (SSSR count). The van der Waals surface area contributed by atoms with Gasteiger partial charge in [-0.15, -0.1) is 0 Å². The van der Waals surface area contributed by atoms with Crippen LogP contribution in [0.15, 0.2) is 46.1 Å². The van der Waals surface area contributed by atoms with Crippen molar-refractivity contribution in [1.82, 2.24) is 15.1 Å². The number of aryl methyl sites for hydroxylation is 1. The first-order chi connectivity index (χ1) is 10.6. The number of rotatable bonds is 4. The summed E-state index contributed by atoms with van der Waals surface area (Å²) in [7, 11) is 0. The standard InChI is InChI=1S/C15H13ClN4OS/c1-9-6-14(17)19-15(18-9)22-8-12-7-13(20-21-12)10-2-4-11(16)5-3-10/h2-7H,8H2,1H3,(H2,17,18,19). The predicted octanol–water partition coefficient (Wildman–Crippen LogP) is 3.97. The van der Waals surface area contributed by atoms with E-state index >= 15 is 0 Å². The quantitative estimate of drug-likeness (QED) is 0.575. The van der Waals surface area contributed by atoms with Crippen molar-refractivity contribution in [3.63, 3.8) is 0 Å². The summed E-state index contributed by atoms with van der Waals surface area (Å²) in [6.07, 6.45) is 0. The summed E-state index contributed by atoms with van der Waals surface area (Å²) in [5, 5.41) is 5.39. The van der Waals surface area contributed by atoms with Gasteiger partial charge < -0.3 is 10.3 Å². The predicted molar refractivity (Wildman–Crippen MR) is 87.7 cm³/mol. The third kappa shape index (κ3) is 3.58. The van der Waals surface area contributed by atoms with Crippen LogP contribution in [0.5, 0.6) is 0 Å². The van der Waals surface area contributed by atoms with Crippen LogP contribution in [0.4, 0.5) is 5.82 Å². The van der Waals surface area contributed by atoms with Gasteiger partial charge in [0.1, 0.15) is 17.3 Å². The zero-order chi connectivity index (χ0) is 15.5. The number of anilines is 1. The lowest BCUT2D eigenvalue weighted by atomic mass is 10.1. The highest BCUT2D eigenvalue weighted by atomic mass is 35.5. The van der Waals surface area contributed by atoms with Gasteiger partial charge >= 0.3 is 0 Å². The highest BCUT2D eigenvalue weighted by Gasteiger charge is 2.09. The molecule has 0 aliphatic rings. The molecule has 0 unspecified atom stereocenters. The molecule has 0 fully saturated rings. The van der Waals surface area contributed by atoms with Crippen molar-refractivity contribution in [2.24, 2.45) is 0 Å². The van der Waals surface area contributed by atoms with Crippen molar-refractivity contribution in [1.29, 1.82) is 0 Å². The molecule has 0 aliphatic carbocycles. The Morgan fingerprint density at radius 2 is 1.95 bits per heavy atom. The number of nitrogen functional groups attached to an aromatic ring is 1. The van der Waals surface area contributed by atoms with Gasteiger partial charge in [0.15, 0.2) is 5.16 Å². The fourth-order valence-corrected chi connectivity index (χ4v) is 2.81. The summed E-state index contributed by atoms with van der Waals surface area (Å²) in [5.74, 6) is 1.80. The van der Waals surface area contributed by atoms with Crippen LogP contribution in [-0.2, 0) is 5.75 Å². The topological polar surface area (TPSA) is 77.8 Å². The van der Waals surface area contributed by atoms with E-state index in [-0.39, 0.29) is 0 Å². The number of benzene rings is 1. The first-order valence-electron chi connectivity index (χ1n) is 6.55. The highest BCUT2D eigenvalue weighted by molar-refractivity contribution is 7.98. The maximum atomic E-state index is 5.88. The van der Waals surface area contributed by atoms with Crippen molar-refractivity contribution < 1.29 is 4.52 Å². The molecule has 0 atom stereocenters. The minimum absolute atomic E-state index is 0.467. The molecule has 0 saturated heterocycles. The SMILES string of the molecule is Cc1cc(N)nc(SCc2cc(-c3ccc(Cl)cc3)no2)n1. The number of nitrogens with two attached hydrogens (primary N) is 1. The smallest absolute Gasteiger partial charge is 0.190 e. The second kappa shape index (κ2) is 6.37. The fraction of sp³-hybridized carbons (Fsp3) is 0.133. The first kappa shape index (κ1) is 14.9. The minimum atomic E-state index is 0.467. The van der Waals surface area contributed by atoms with Crippen molar-refractivity contribution in [3.05, 3.63) is 52.9 Å². The van der Waals surface area contributed by atoms with Crippen LogP contribution in [0.2, 0.25) is 5.02 Å². The molecule has 22 heavy (non-hydrogen) atoms. The van der Waals surface area contributed by atoms with E-state index in [2.05, 4.69) is 15.1 Å². The monoisotopic (exact) mass is 332 g/mol. The van der Waals surface area contributed by atoms with Crippen molar-refractivity contribution in [2.45, 2.75) is 17.8 Å².